The van der Waals surface area contributed by atoms with E-state index in [9.17, 15) is 4.79 Å². The van der Waals surface area contributed by atoms with E-state index in [0.29, 0.717) is 6.42 Å². The predicted octanol–water partition coefficient (Wildman–Crippen LogP) is 2.10. The summed E-state index contributed by atoms with van der Waals surface area (Å²) in [7, 11) is 7.29. The Labute approximate surface area is 132 Å². The molecule has 2 aliphatic rings. The largest absolute Gasteiger partial charge is 0.498 e. The van der Waals surface area contributed by atoms with Crippen molar-refractivity contribution in [2.24, 2.45) is 0 Å². The summed E-state index contributed by atoms with van der Waals surface area (Å²) in [5, 5.41) is 2.97. The number of nitrogens with one attached hydrogen (secondary N) is 1. The zero-order chi connectivity index (χ0) is 16.1. The van der Waals surface area contributed by atoms with E-state index in [2.05, 4.69) is 10.2 Å². The second-order valence-electron chi connectivity index (χ2n) is 5.59. The van der Waals surface area contributed by atoms with Crippen molar-refractivity contribution in [1.29, 1.82) is 0 Å². The van der Waals surface area contributed by atoms with Crippen molar-refractivity contribution in [3.8, 4) is 0 Å². The summed E-state index contributed by atoms with van der Waals surface area (Å²) in [5.41, 5.74) is 2.89. The summed E-state index contributed by atoms with van der Waals surface area (Å²) in [6.07, 6.45) is 9.73. The molecule has 5 nitrogen and oxygen atoms in total. The Kier molecular flexibility index (Phi) is 5.44. The van der Waals surface area contributed by atoms with Crippen LogP contribution in [0.2, 0.25) is 0 Å². The Bertz CT molecular complexity index is 556. The monoisotopic (exact) mass is 304 g/mol. The van der Waals surface area contributed by atoms with Gasteiger partial charge in [-0.1, -0.05) is 6.08 Å². The maximum absolute atomic E-state index is 12.3. The van der Waals surface area contributed by atoms with Crippen molar-refractivity contribution in [3.63, 3.8) is 0 Å². The van der Waals surface area contributed by atoms with Crippen LogP contribution in [0.5, 0.6) is 0 Å². The highest BCUT2D eigenvalue weighted by atomic mass is 16.5. The van der Waals surface area contributed by atoms with Crippen molar-refractivity contribution in [3.05, 3.63) is 47.0 Å². The molecular weight excluding hydrogens is 280 g/mol. The summed E-state index contributed by atoms with van der Waals surface area (Å²) >= 11 is 0. The van der Waals surface area contributed by atoms with Crippen LogP contribution in [0, 0.1) is 0 Å². The molecule has 1 amide bonds. The molecule has 0 saturated carbocycles. The fourth-order valence-electron chi connectivity index (χ4n) is 2.56. The molecule has 0 saturated heterocycles. The first kappa shape index (κ1) is 16.4. The van der Waals surface area contributed by atoms with Gasteiger partial charge in [-0.3, -0.25) is 4.79 Å². The first-order valence-corrected chi connectivity index (χ1v) is 7.41. The van der Waals surface area contributed by atoms with Crippen molar-refractivity contribution < 1.29 is 14.3 Å². The zero-order valence-corrected chi connectivity index (χ0v) is 13.7. The lowest BCUT2D eigenvalue weighted by Gasteiger charge is -2.24. The van der Waals surface area contributed by atoms with Crippen LogP contribution in [-0.4, -0.2) is 45.2 Å². The zero-order valence-electron chi connectivity index (χ0n) is 13.7. The normalized spacial score (nSPS) is 21.2. The van der Waals surface area contributed by atoms with E-state index in [1.165, 1.54) is 5.70 Å². The Hall–Kier alpha value is -2.01. The Balaban J connectivity index is 2.01. The average molecular weight is 304 g/mol. The van der Waals surface area contributed by atoms with Crippen molar-refractivity contribution in [1.82, 2.24) is 10.2 Å². The minimum absolute atomic E-state index is 0.0376. The van der Waals surface area contributed by atoms with Gasteiger partial charge < -0.3 is 19.7 Å². The molecule has 0 bridgehead atoms. The van der Waals surface area contributed by atoms with Crippen molar-refractivity contribution in [2.45, 2.75) is 25.4 Å². The lowest BCUT2D eigenvalue weighted by molar-refractivity contribution is -0.117. The van der Waals surface area contributed by atoms with E-state index in [4.69, 9.17) is 9.47 Å². The SMILES string of the molecule is COC1=CC=C(NC(=O)C2=CC=C(N(C)C)CC2)CC1OC. The summed E-state index contributed by atoms with van der Waals surface area (Å²) in [6, 6.07) is 0. The molecular formula is C17H24N2O3. The van der Waals surface area contributed by atoms with Gasteiger partial charge in [-0.15, -0.1) is 0 Å². The second-order valence-corrected chi connectivity index (χ2v) is 5.59. The van der Waals surface area contributed by atoms with Gasteiger partial charge in [0.1, 0.15) is 11.9 Å². The van der Waals surface area contributed by atoms with Crippen LogP contribution in [0.3, 0.4) is 0 Å². The van der Waals surface area contributed by atoms with Gasteiger partial charge >= 0.3 is 0 Å². The first-order chi connectivity index (χ1) is 10.5. The minimum atomic E-state index is -0.147. The van der Waals surface area contributed by atoms with E-state index in [0.717, 1.165) is 29.9 Å². The van der Waals surface area contributed by atoms with E-state index in [1.54, 1.807) is 14.2 Å². The molecule has 22 heavy (non-hydrogen) atoms. The van der Waals surface area contributed by atoms with Gasteiger partial charge in [0.2, 0.25) is 0 Å². The Morgan fingerprint density at radius 2 is 1.95 bits per heavy atom. The van der Waals surface area contributed by atoms with Gasteiger partial charge in [0, 0.05) is 44.6 Å². The van der Waals surface area contributed by atoms with Gasteiger partial charge in [-0.25, -0.2) is 0 Å². The fraction of sp³-hybridized carbons (Fsp3) is 0.471. The summed E-state index contributed by atoms with van der Waals surface area (Å²) in [4.78, 5) is 14.4. The second kappa shape index (κ2) is 7.31. The molecule has 0 aliphatic heterocycles. The summed E-state index contributed by atoms with van der Waals surface area (Å²) < 4.78 is 10.6. The van der Waals surface area contributed by atoms with Crippen LogP contribution in [0.1, 0.15) is 19.3 Å². The molecule has 2 aliphatic carbocycles. The third-order valence-electron chi connectivity index (χ3n) is 3.96. The maximum atomic E-state index is 12.3. The standard InChI is InChI=1S/C17H24N2O3/c1-19(2)14-8-5-12(6-9-14)17(20)18-13-7-10-15(21-3)16(11-13)22-4/h5,7-8,10,16H,6,9,11H2,1-4H3,(H,18,20). The number of allylic oxidation sites excluding steroid dienone is 5. The first-order valence-electron chi connectivity index (χ1n) is 7.41. The number of carbonyl (C=O) groups excluding carboxylic acids is 1. The number of amides is 1. The number of carbonyl (C=O) groups is 1. The topological polar surface area (TPSA) is 50.8 Å². The summed E-state index contributed by atoms with van der Waals surface area (Å²) in [6.45, 7) is 0. The van der Waals surface area contributed by atoms with Crippen LogP contribution in [0.25, 0.3) is 0 Å². The maximum Gasteiger partial charge on any atom is 0.251 e. The van der Waals surface area contributed by atoms with Crippen molar-refractivity contribution >= 4 is 5.91 Å². The smallest absolute Gasteiger partial charge is 0.251 e. The van der Waals surface area contributed by atoms with Gasteiger partial charge in [0.25, 0.3) is 5.91 Å². The molecule has 2 rings (SSSR count). The molecule has 0 spiro atoms. The molecule has 120 valence electrons. The molecule has 0 fully saturated rings. The number of rotatable bonds is 5. The molecule has 1 atom stereocenters. The molecule has 0 radical (unpaired) electrons. The quantitative estimate of drug-likeness (QED) is 0.845. The minimum Gasteiger partial charge on any atom is -0.498 e. The Morgan fingerprint density at radius 3 is 2.50 bits per heavy atom. The molecule has 0 aromatic heterocycles. The number of hydrogen-bond donors (Lipinski definition) is 1. The van der Waals surface area contributed by atoms with Gasteiger partial charge in [-0.05, 0) is 31.1 Å². The number of hydrogen-bond acceptors (Lipinski definition) is 4. The number of nitrogens with zero attached hydrogens (tertiary/aromatic N) is 1. The third-order valence-corrected chi connectivity index (χ3v) is 3.96. The lowest BCUT2D eigenvalue weighted by Crippen LogP contribution is -2.30. The summed E-state index contributed by atoms with van der Waals surface area (Å²) in [5.74, 6) is 0.736. The fourth-order valence-corrected chi connectivity index (χ4v) is 2.56. The highest BCUT2D eigenvalue weighted by Gasteiger charge is 2.22. The molecule has 0 aromatic rings. The predicted molar refractivity (Wildman–Crippen MR) is 85.8 cm³/mol. The van der Waals surface area contributed by atoms with Gasteiger partial charge in [0.05, 0.1) is 7.11 Å². The van der Waals surface area contributed by atoms with Crippen LogP contribution in [-0.2, 0) is 14.3 Å². The highest BCUT2D eigenvalue weighted by molar-refractivity contribution is 5.95. The van der Waals surface area contributed by atoms with E-state index in [1.807, 2.05) is 38.4 Å². The molecule has 0 heterocycles. The van der Waals surface area contributed by atoms with Gasteiger partial charge in [-0.2, -0.15) is 0 Å². The van der Waals surface area contributed by atoms with Crippen molar-refractivity contribution in [2.75, 3.05) is 28.3 Å². The van der Waals surface area contributed by atoms with Crippen LogP contribution < -0.4 is 5.32 Å². The van der Waals surface area contributed by atoms with Gasteiger partial charge in [0.15, 0.2) is 0 Å². The van der Waals surface area contributed by atoms with Crippen LogP contribution in [0.4, 0.5) is 0 Å². The Morgan fingerprint density at radius 1 is 1.18 bits per heavy atom. The van der Waals surface area contributed by atoms with Crippen LogP contribution in [0.15, 0.2) is 47.0 Å². The highest BCUT2D eigenvalue weighted by Crippen LogP contribution is 2.23. The van der Waals surface area contributed by atoms with Crippen LogP contribution >= 0.6 is 0 Å². The number of ether oxygens (including phenoxy) is 2. The molecule has 1 N–H and O–H groups in total. The van der Waals surface area contributed by atoms with E-state index in [-0.39, 0.29) is 12.0 Å². The van der Waals surface area contributed by atoms with E-state index < -0.39 is 0 Å². The average Bonchev–Trinajstić information content (AvgIpc) is 2.54. The van der Waals surface area contributed by atoms with E-state index >= 15 is 0 Å². The molecule has 5 heteroatoms. The lowest BCUT2D eigenvalue weighted by atomic mass is 10.0. The molecule has 1 unspecified atom stereocenters. The third kappa shape index (κ3) is 3.80. The molecule has 0 aromatic carbocycles. The number of methoxy groups -OCH3 is 2.